The second-order valence-corrected chi connectivity index (χ2v) is 9.88. The Hall–Kier alpha value is -2.90. The van der Waals surface area contributed by atoms with Crippen LogP contribution in [0.5, 0.6) is 0 Å². The van der Waals surface area contributed by atoms with Gasteiger partial charge in [0.2, 0.25) is 5.91 Å². The normalized spacial score (nSPS) is 21.2. The largest absolute Gasteiger partial charge is 0.390 e. The first-order chi connectivity index (χ1) is 16.5. The molecule has 1 fully saturated rings. The number of carbonyl (C=O) groups excluding carboxylic acids is 2. The number of aliphatic hydroxyl groups excluding tert-OH is 1. The second kappa shape index (κ2) is 9.76. The van der Waals surface area contributed by atoms with Crippen LogP contribution in [0.2, 0.25) is 0 Å². The first-order valence-corrected chi connectivity index (χ1v) is 12.4. The molecule has 7 heteroatoms. The van der Waals surface area contributed by atoms with Gasteiger partial charge in [-0.05, 0) is 54.2 Å². The molecule has 7 nitrogen and oxygen atoms in total. The minimum absolute atomic E-state index is 0.000499. The molecule has 2 amide bonds. The predicted molar refractivity (Wildman–Crippen MR) is 132 cm³/mol. The third-order valence-corrected chi connectivity index (χ3v) is 7.39. The number of aliphatic hydroxyl groups is 1. The quantitative estimate of drug-likeness (QED) is 0.688. The molecule has 2 aromatic carbocycles. The standard InChI is InChI=1S/C27H34N4O3/c1-19(32)30-13-10-24(16-30)28-23-6-7-26-21(14-23)9-12-31(27(26)34)18-25(33)17-29-11-8-20-4-2-3-5-22(20)15-29/h2-7,14,24-25,28,33H,8-13,15-18H2,1H3/t24?,25-/m1/s1. The van der Waals surface area contributed by atoms with E-state index in [4.69, 9.17) is 0 Å². The summed E-state index contributed by atoms with van der Waals surface area (Å²) < 4.78 is 0. The average molecular weight is 463 g/mol. The van der Waals surface area contributed by atoms with Crippen molar-refractivity contribution in [2.45, 2.75) is 44.9 Å². The number of hydrogen-bond acceptors (Lipinski definition) is 5. The number of carbonyl (C=O) groups is 2. The number of nitrogens with zero attached hydrogens (tertiary/aromatic N) is 3. The number of fused-ring (bicyclic) bond motifs is 2. The highest BCUT2D eigenvalue weighted by Crippen LogP contribution is 2.25. The lowest BCUT2D eigenvalue weighted by atomic mass is 9.97. The van der Waals surface area contributed by atoms with Gasteiger partial charge < -0.3 is 20.2 Å². The molecule has 2 N–H and O–H groups in total. The SMILES string of the molecule is CC(=O)N1CCC(Nc2ccc3c(c2)CCN(C[C@H](O)CN2CCc4ccccc4C2)C3=O)C1. The molecule has 1 saturated heterocycles. The molecular weight excluding hydrogens is 428 g/mol. The lowest BCUT2D eigenvalue weighted by Crippen LogP contribution is -2.46. The van der Waals surface area contributed by atoms with Gasteiger partial charge in [0, 0.05) is 70.0 Å². The van der Waals surface area contributed by atoms with Crippen LogP contribution in [0.25, 0.3) is 0 Å². The zero-order valence-electron chi connectivity index (χ0n) is 19.9. The summed E-state index contributed by atoms with van der Waals surface area (Å²) in [7, 11) is 0. The molecule has 3 heterocycles. The van der Waals surface area contributed by atoms with Gasteiger partial charge in [0.15, 0.2) is 0 Å². The van der Waals surface area contributed by atoms with E-state index in [2.05, 4.69) is 40.5 Å². The molecule has 34 heavy (non-hydrogen) atoms. The van der Waals surface area contributed by atoms with Gasteiger partial charge in [0.1, 0.15) is 0 Å². The van der Waals surface area contributed by atoms with Crippen LogP contribution in [0.1, 0.15) is 40.4 Å². The summed E-state index contributed by atoms with van der Waals surface area (Å²) in [6.07, 6.45) is 2.15. The van der Waals surface area contributed by atoms with E-state index in [9.17, 15) is 14.7 Å². The highest BCUT2D eigenvalue weighted by molar-refractivity contribution is 5.97. The lowest BCUT2D eigenvalue weighted by Gasteiger charge is -2.34. The van der Waals surface area contributed by atoms with E-state index in [0.717, 1.165) is 62.3 Å². The number of anilines is 1. The van der Waals surface area contributed by atoms with Crippen LogP contribution >= 0.6 is 0 Å². The third kappa shape index (κ3) is 4.95. The number of benzene rings is 2. The van der Waals surface area contributed by atoms with E-state index in [1.54, 1.807) is 11.8 Å². The molecule has 0 saturated carbocycles. The fourth-order valence-corrected chi connectivity index (χ4v) is 5.52. The third-order valence-electron chi connectivity index (χ3n) is 7.39. The summed E-state index contributed by atoms with van der Waals surface area (Å²) >= 11 is 0. The van der Waals surface area contributed by atoms with E-state index in [0.29, 0.717) is 19.6 Å². The molecule has 0 aromatic heterocycles. The van der Waals surface area contributed by atoms with Crippen LogP contribution in [-0.2, 0) is 24.2 Å². The van der Waals surface area contributed by atoms with Crippen molar-refractivity contribution in [3.05, 3.63) is 64.7 Å². The Labute approximate surface area is 201 Å². The van der Waals surface area contributed by atoms with Gasteiger partial charge in [-0.3, -0.25) is 14.5 Å². The maximum Gasteiger partial charge on any atom is 0.254 e. The van der Waals surface area contributed by atoms with Crippen molar-refractivity contribution >= 4 is 17.5 Å². The van der Waals surface area contributed by atoms with Crippen LogP contribution in [0.15, 0.2) is 42.5 Å². The maximum atomic E-state index is 13.1. The lowest BCUT2D eigenvalue weighted by molar-refractivity contribution is -0.127. The summed E-state index contributed by atoms with van der Waals surface area (Å²) in [5, 5.41) is 14.3. The van der Waals surface area contributed by atoms with Crippen LogP contribution in [0, 0.1) is 0 Å². The number of hydrogen-bond donors (Lipinski definition) is 2. The Morgan fingerprint density at radius 3 is 2.65 bits per heavy atom. The molecule has 2 aromatic rings. The van der Waals surface area contributed by atoms with Crippen LogP contribution in [-0.4, -0.2) is 83.0 Å². The van der Waals surface area contributed by atoms with E-state index in [-0.39, 0.29) is 17.9 Å². The summed E-state index contributed by atoms with van der Waals surface area (Å²) in [4.78, 5) is 30.6. The predicted octanol–water partition coefficient (Wildman–Crippen LogP) is 2.14. The maximum absolute atomic E-state index is 13.1. The number of nitrogens with one attached hydrogen (secondary N) is 1. The molecule has 3 aliphatic heterocycles. The molecule has 3 aliphatic rings. The van der Waals surface area contributed by atoms with Crippen molar-refractivity contribution in [1.82, 2.24) is 14.7 Å². The van der Waals surface area contributed by atoms with Crippen molar-refractivity contribution in [2.24, 2.45) is 0 Å². The van der Waals surface area contributed by atoms with Gasteiger partial charge in [-0.25, -0.2) is 0 Å². The molecule has 0 radical (unpaired) electrons. The van der Waals surface area contributed by atoms with Crippen molar-refractivity contribution in [1.29, 1.82) is 0 Å². The van der Waals surface area contributed by atoms with Gasteiger partial charge in [-0.2, -0.15) is 0 Å². The van der Waals surface area contributed by atoms with E-state index in [1.807, 2.05) is 17.0 Å². The highest BCUT2D eigenvalue weighted by atomic mass is 16.3. The smallest absolute Gasteiger partial charge is 0.254 e. The van der Waals surface area contributed by atoms with Crippen LogP contribution in [0.4, 0.5) is 5.69 Å². The molecular formula is C27H34N4O3. The van der Waals surface area contributed by atoms with Crippen LogP contribution in [0.3, 0.4) is 0 Å². The minimum atomic E-state index is -0.566. The van der Waals surface area contributed by atoms with E-state index < -0.39 is 6.10 Å². The minimum Gasteiger partial charge on any atom is -0.390 e. The fourth-order valence-electron chi connectivity index (χ4n) is 5.52. The number of β-amino-alcohol motifs (C(OH)–C–C–N with tert-alkyl or cyclic N) is 1. The Balaban J connectivity index is 1.15. The molecule has 2 atom stereocenters. The zero-order valence-corrected chi connectivity index (χ0v) is 19.9. The van der Waals surface area contributed by atoms with Crippen molar-refractivity contribution < 1.29 is 14.7 Å². The molecule has 0 aliphatic carbocycles. The Morgan fingerprint density at radius 2 is 1.85 bits per heavy atom. The number of likely N-dealkylation sites (tertiary alicyclic amines) is 1. The topological polar surface area (TPSA) is 76.1 Å². The van der Waals surface area contributed by atoms with E-state index >= 15 is 0 Å². The highest BCUT2D eigenvalue weighted by Gasteiger charge is 2.28. The van der Waals surface area contributed by atoms with Gasteiger partial charge in [-0.1, -0.05) is 24.3 Å². The van der Waals surface area contributed by atoms with Gasteiger partial charge in [-0.15, -0.1) is 0 Å². The second-order valence-electron chi connectivity index (χ2n) is 9.88. The number of amides is 2. The summed E-state index contributed by atoms with van der Waals surface area (Å²) in [6, 6.07) is 14.7. The number of rotatable bonds is 6. The Bertz CT molecular complexity index is 1070. The van der Waals surface area contributed by atoms with Gasteiger partial charge in [0.05, 0.1) is 6.10 Å². The summed E-state index contributed by atoms with van der Waals surface area (Å²) in [6.45, 7) is 6.47. The Kier molecular flexibility index (Phi) is 6.57. The molecule has 180 valence electrons. The zero-order chi connectivity index (χ0) is 23.7. The molecule has 1 unspecified atom stereocenters. The first kappa shape index (κ1) is 22.9. The summed E-state index contributed by atoms with van der Waals surface area (Å²) in [5.41, 5.74) is 5.51. The molecule has 5 rings (SSSR count). The first-order valence-electron chi connectivity index (χ1n) is 12.4. The van der Waals surface area contributed by atoms with Crippen molar-refractivity contribution in [3.8, 4) is 0 Å². The average Bonchev–Trinajstić information content (AvgIpc) is 3.30. The van der Waals surface area contributed by atoms with Crippen molar-refractivity contribution in [3.63, 3.8) is 0 Å². The van der Waals surface area contributed by atoms with Gasteiger partial charge in [0.25, 0.3) is 5.91 Å². The molecule has 0 spiro atoms. The Morgan fingerprint density at radius 1 is 1.06 bits per heavy atom. The van der Waals surface area contributed by atoms with Gasteiger partial charge >= 0.3 is 0 Å². The van der Waals surface area contributed by atoms with Crippen LogP contribution < -0.4 is 5.32 Å². The van der Waals surface area contributed by atoms with Crippen molar-refractivity contribution in [2.75, 3.05) is 44.6 Å². The van der Waals surface area contributed by atoms with E-state index in [1.165, 1.54) is 11.1 Å². The summed E-state index contributed by atoms with van der Waals surface area (Å²) in [5.74, 6) is 0.118. The monoisotopic (exact) mass is 462 g/mol. The molecule has 0 bridgehead atoms. The fraction of sp³-hybridized carbons (Fsp3) is 0.481.